The van der Waals surface area contributed by atoms with Crippen LogP contribution in [0.15, 0.2) is 12.2 Å². The number of hydrogen-bond donors (Lipinski definition) is 0. The lowest BCUT2D eigenvalue weighted by Crippen LogP contribution is -2.11. The molecule has 0 fully saturated rings. The molecule has 0 unspecified atom stereocenters. The minimum atomic E-state index is -4.59. The highest BCUT2D eigenvalue weighted by Gasteiger charge is 2.19. The summed E-state index contributed by atoms with van der Waals surface area (Å²) in [4.78, 5) is 0. The van der Waals surface area contributed by atoms with Crippen molar-refractivity contribution >= 4 is 6.98 Å². The zero-order valence-corrected chi connectivity index (χ0v) is 4.57. The van der Waals surface area contributed by atoms with Gasteiger partial charge in [0.25, 0.3) is 0 Å². The van der Waals surface area contributed by atoms with Crippen LogP contribution in [0.3, 0.4) is 0 Å². The number of allylic oxidation sites excluding steroid dienone is 2. The van der Waals surface area contributed by atoms with Gasteiger partial charge in [-0.2, -0.15) is 0 Å². The molecule has 0 aromatic carbocycles. The first-order valence-electron chi connectivity index (χ1n) is 2.38. The SMILES string of the molecule is CC=CC[B-](F)(F)F. The Bertz CT molecular complexity index is 83.8. The maximum Gasteiger partial charge on any atom is 0.482 e. The minimum absolute atomic E-state index is 0.753. The van der Waals surface area contributed by atoms with E-state index in [1.165, 1.54) is 6.08 Å². The van der Waals surface area contributed by atoms with Crippen LogP contribution >= 0.6 is 0 Å². The molecular weight excluding hydrogens is 116 g/mol. The third-order valence-electron chi connectivity index (χ3n) is 0.639. The quantitative estimate of drug-likeness (QED) is 0.390. The van der Waals surface area contributed by atoms with Gasteiger partial charge in [0.1, 0.15) is 0 Å². The molecule has 0 atom stereocenters. The molecule has 0 saturated carbocycles. The zero-order valence-electron chi connectivity index (χ0n) is 4.57. The molecule has 0 aliphatic rings. The Morgan fingerprint density at radius 1 is 1.38 bits per heavy atom. The van der Waals surface area contributed by atoms with E-state index in [4.69, 9.17) is 0 Å². The monoisotopic (exact) mass is 123 g/mol. The summed E-state index contributed by atoms with van der Waals surface area (Å²) in [5, 5.41) is 0. The predicted molar refractivity (Wildman–Crippen MR) is 28.7 cm³/mol. The Balaban J connectivity index is 3.39. The Morgan fingerprint density at radius 2 is 1.88 bits per heavy atom. The summed E-state index contributed by atoms with van der Waals surface area (Å²) < 4.78 is 33.8. The highest BCUT2D eigenvalue weighted by atomic mass is 19.4. The lowest BCUT2D eigenvalue weighted by Gasteiger charge is -2.08. The Morgan fingerprint density at radius 3 is 2.00 bits per heavy atom. The Hall–Kier alpha value is -0.405. The standard InChI is InChI=1S/C4H7BF3/c1-2-3-4-5(6,7)8/h2-3H,4H2,1H3/q-1. The summed E-state index contributed by atoms with van der Waals surface area (Å²) in [5.74, 6) is 0. The Kier molecular flexibility index (Phi) is 2.65. The van der Waals surface area contributed by atoms with Crippen molar-refractivity contribution in [3.63, 3.8) is 0 Å². The molecule has 0 aliphatic heterocycles. The molecule has 0 spiro atoms. The highest BCUT2D eigenvalue weighted by Crippen LogP contribution is 2.14. The van der Waals surface area contributed by atoms with Crippen molar-refractivity contribution in [1.82, 2.24) is 0 Å². The fraction of sp³-hybridized carbons (Fsp3) is 0.500. The van der Waals surface area contributed by atoms with E-state index in [0.29, 0.717) is 0 Å². The summed E-state index contributed by atoms with van der Waals surface area (Å²) in [6, 6.07) is 0. The molecule has 0 saturated heterocycles. The first-order valence-corrected chi connectivity index (χ1v) is 2.38. The van der Waals surface area contributed by atoms with Crippen LogP contribution in [-0.4, -0.2) is 6.98 Å². The van der Waals surface area contributed by atoms with Crippen molar-refractivity contribution in [3.05, 3.63) is 12.2 Å². The fourth-order valence-corrected chi connectivity index (χ4v) is 0.290. The number of rotatable bonds is 2. The van der Waals surface area contributed by atoms with Gasteiger partial charge in [-0.05, 0) is 6.92 Å². The summed E-state index contributed by atoms with van der Waals surface area (Å²) in [7, 11) is 0. The third-order valence-corrected chi connectivity index (χ3v) is 0.639. The number of hydrogen-bond acceptors (Lipinski definition) is 0. The van der Waals surface area contributed by atoms with Crippen LogP contribution in [-0.2, 0) is 0 Å². The largest absolute Gasteiger partial charge is 0.482 e. The highest BCUT2D eigenvalue weighted by molar-refractivity contribution is 6.58. The maximum atomic E-state index is 11.3. The van der Waals surface area contributed by atoms with Gasteiger partial charge in [0.15, 0.2) is 0 Å². The topological polar surface area (TPSA) is 0 Å². The molecule has 48 valence electrons. The van der Waals surface area contributed by atoms with Crippen molar-refractivity contribution < 1.29 is 12.9 Å². The van der Waals surface area contributed by atoms with Gasteiger partial charge in [0, 0.05) is 0 Å². The van der Waals surface area contributed by atoms with E-state index < -0.39 is 13.3 Å². The van der Waals surface area contributed by atoms with Crippen molar-refractivity contribution in [2.45, 2.75) is 13.2 Å². The first-order chi connectivity index (χ1) is 3.56. The lowest BCUT2D eigenvalue weighted by molar-refractivity contribution is 0.478. The van der Waals surface area contributed by atoms with Crippen LogP contribution in [0.5, 0.6) is 0 Å². The van der Waals surface area contributed by atoms with Gasteiger partial charge in [-0.15, -0.1) is 6.08 Å². The van der Waals surface area contributed by atoms with Crippen molar-refractivity contribution in [2.24, 2.45) is 0 Å². The molecule has 0 aliphatic carbocycles. The molecule has 0 aromatic heterocycles. The van der Waals surface area contributed by atoms with Crippen LogP contribution in [0, 0.1) is 0 Å². The van der Waals surface area contributed by atoms with E-state index in [0.717, 1.165) is 6.08 Å². The molecule has 8 heavy (non-hydrogen) atoms. The van der Waals surface area contributed by atoms with Crippen LogP contribution in [0.1, 0.15) is 6.92 Å². The van der Waals surface area contributed by atoms with Gasteiger partial charge in [-0.25, -0.2) is 0 Å². The van der Waals surface area contributed by atoms with Gasteiger partial charge in [0.2, 0.25) is 0 Å². The second kappa shape index (κ2) is 2.79. The normalized spacial score (nSPS) is 13.0. The van der Waals surface area contributed by atoms with Crippen LogP contribution in [0.2, 0.25) is 6.32 Å². The lowest BCUT2D eigenvalue weighted by atomic mass is 9.86. The second-order valence-corrected chi connectivity index (χ2v) is 1.52. The van der Waals surface area contributed by atoms with Crippen molar-refractivity contribution in [1.29, 1.82) is 0 Å². The minimum Gasteiger partial charge on any atom is -0.449 e. The summed E-state index contributed by atoms with van der Waals surface area (Å²) in [5.41, 5.74) is 0. The predicted octanol–water partition coefficient (Wildman–Crippen LogP) is 2.41. The Labute approximate surface area is 46.4 Å². The molecular formula is C4H7BF3-. The fourth-order valence-electron chi connectivity index (χ4n) is 0.290. The second-order valence-electron chi connectivity index (χ2n) is 1.52. The smallest absolute Gasteiger partial charge is 0.449 e. The maximum absolute atomic E-state index is 11.3. The van der Waals surface area contributed by atoms with Gasteiger partial charge < -0.3 is 12.9 Å². The van der Waals surface area contributed by atoms with Crippen LogP contribution in [0.4, 0.5) is 12.9 Å². The summed E-state index contributed by atoms with van der Waals surface area (Å²) in [6.45, 7) is -3.02. The van der Waals surface area contributed by atoms with E-state index in [-0.39, 0.29) is 0 Å². The molecule has 0 rings (SSSR count). The average Bonchev–Trinajstić information content (AvgIpc) is 1.59. The summed E-state index contributed by atoms with van der Waals surface area (Å²) >= 11 is 0. The summed E-state index contributed by atoms with van der Waals surface area (Å²) in [6.07, 6.45) is 1.76. The van der Waals surface area contributed by atoms with Crippen LogP contribution in [0.25, 0.3) is 0 Å². The molecule has 0 heterocycles. The van der Waals surface area contributed by atoms with E-state index in [1.54, 1.807) is 6.92 Å². The molecule has 0 nitrogen and oxygen atoms in total. The van der Waals surface area contributed by atoms with E-state index >= 15 is 0 Å². The van der Waals surface area contributed by atoms with Gasteiger partial charge in [-0.3, -0.25) is 0 Å². The zero-order chi connectivity index (χ0) is 6.62. The van der Waals surface area contributed by atoms with E-state index in [1.807, 2.05) is 0 Å². The number of halogens is 3. The molecule has 0 N–H and O–H groups in total. The molecule has 4 heteroatoms. The van der Waals surface area contributed by atoms with Crippen LogP contribution < -0.4 is 0 Å². The molecule has 0 radical (unpaired) electrons. The third kappa shape index (κ3) is 5.59. The van der Waals surface area contributed by atoms with E-state index in [9.17, 15) is 12.9 Å². The first kappa shape index (κ1) is 7.59. The molecule has 0 bridgehead atoms. The van der Waals surface area contributed by atoms with Gasteiger partial charge >= 0.3 is 6.98 Å². The molecule has 0 amide bonds. The average molecular weight is 123 g/mol. The van der Waals surface area contributed by atoms with Crippen molar-refractivity contribution in [3.8, 4) is 0 Å². The van der Waals surface area contributed by atoms with Gasteiger partial charge in [0.05, 0.1) is 0 Å². The molecule has 0 aromatic rings. The van der Waals surface area contributed by atoms with E-state index in [2.05, 4.69) is 0 Å². The van der Waals surface area contributed by atoms with Crippen molar-refractivity contribution in [2.75, 3.05) is 0 Å². The van der Waals surface area contributed by atoms with Gasteiger partial charge in [-0.1, -0.05) is 12.4 Å².